The number of morpholine rings is 1. The van der Waals surface area contributed by atoms with Crippen molar-refractivity contribution in [2.75, 3.05) is 26.2 Å². The largest absolute Gasteiger partial charge is 0.382 e. The molecule has 0 spiro atoms. The van der Waals surface area contributed by atoms with E-state index in [1.807, 2.05) is 30.3 Å². The first-order valence-electron chi connectivity index (χ1n) is 7.05. The first-order chi connectivity index (χ1) is 9.19. The van der Waals surface area contributed by atoms with Gasteiger partial charge in [0.1, 0.15) is 5.60 Å². The Morgan fingerprint density at radius 2 is 1.84 bits per heavy atom. The Morgan fingerprint density at radius 3 is 2.42 bits per heavy atom. The summed E-state index contributed by atoms with van der Waals surface area (Å²) in [5.74, 6) is 0. The van der Waals surface area contributed by atoms with Gasteiger partial charge < -0.3 is 15.6 Å². The number of ether oxygens (including phenoxy) is 1. The molecule has 0 saturated carbocycles. The fourth-order valence-corrected chi connectivity index (χ4v) is 3.22. The zero-order chi connectivity index (χ0) is 13.3. The van der Waals surface area contributed by atoms with E-state index in [0.29, 0.717) is 18.8 Å². The summed E-state index contributed by atoms with van der Waals surface area (Å²) in [6.07, 6.45) is 2.98. The average Bonchev–Trinajstić information content (AvgIpc) is 2.79. The molecule has 4 heteroatoms. The molecule has 1 aromatic rings. The van der Waals surface area contributed by atoms with Crippen molar-refractivity contribution in [3.05, 3.63) is 35.9 Å². The van der Waals surface area contributed by atoms with Gasteiger partial charge in [0.15, 0.2) is 0 Å². The number of nitrogens with two attached hydrogens (primary N) is 1. The summed E-state index contributed by atoms with van der Waals surface area (Å²) < 4.78 is 5.83. The van der Waals surface area contributed by atoms with Crippen LogP contribution < -0.4 is 5.73 Å². The molecular formula is C15H22N2O2. The minimum Gasteiger partial charge on any atom is -0.382 e. The molecule has 2 bridgehead atoms. The fraction of sp³-hybridized carbons (Fsp3) is 0.600. The Kier molecular flexibility index (Phi) is 3.58. The van der Waals surface area contributed by atoms with Crippen molar-refractivity contribution in [3.63, 3.8) is 0 Å². The van der Waals surface area contributed by atoms with Crippen LogP contribution in [-0.2, 0) is 10.3 Å². The maximum atomic E-state index is 10.8. The molecule has 19 heavy (non-hydrogen) atoms. The molecule has 0 aliphatic carbocycles. The molecule has 4 nitrogen and oxygen atoms in total. The van der Waals surface area contributed by atoms with Gasteiger partial charge >= 0.3 is 0 Å². The summed E-state index contributed by atoms with van der Waals surface area (Å²) in [6.45, 7) is 2.64. The van der Waals surface area contributed by atoms with Gasteiger partial charge in [-0.05, 0) is 18.4 Å². The summed E-state index contributed by atoms with van der Waals surface area (Å²) in [5, 5.41) is 10.8. The minimum atomic E-state index is -0.960. The number of likely N-dealkylation sites (tertiary alicyclic amines) is 1. The SMILES string of the molecule is NCC(O)(CN1CC2CCC(C1)O2)c1ccccc1. The van der Waals surface area contributed by atoms with Crippen molar-refractivity contribution in [2.24, 2.45) is 5.73 Å². The van der Waals surface area contributed by atoms with Crippen molar-refractivity contribution in [2.45, 2.75) is 30.7 Å². The number of aliphatic hydroxyl groups is 1. The Morgan fingerprint density at radius 1 is 1.21 bits per heavy atom. The average molecular weight is 262 g/mol. The molecule has 1 aromatic carbocycles. The van der Waals surface area contributed by atoms with Crippen LogP contribution in [0.1, 0.15) is 18.4 Å². The highest BCUT2D eigenvalue weighted by atomic mass is 16.5. The smallest absolute Gasteiger partial charge is 0.114 e. The Bertz CT molecular complexity index is 413. The Labute approximate surface area is 114 Å². The van der Waals surface area contributed by atoms with E-state index in [9.17, 15) is 5.11 Å². The van der Waals surface area contributed by atoms with E-state index in [1.54, 1.807) is 0 Å². The van der Waals surface area contributed by atoms with E-state index in [-0.39, 0.29) is 6.54 Å². The third-order valence-corrected chi connectivity index (χ3v) is 4.25. The molecule has 104 valence electrons. The molecule has 2 aliphatic rings. The first-order valence-corrected chi connectivity index (χ1v) is 7.05. The van der Waals surface area contributed by atoms with Crippen LogP contribution in [-0.4, -0.2) is 48.4 Å². The zero-order valence-electron chi connectivity index (χ0n) is 11.2. The minimum absolute atomic E-state index is 0.240. The van der Waals surface area contributed by atoms with E-state index in [2.05, 4.69) is 4.90 Å². The lowest BCUT2D eigenvalue weighted by Gasteiger charge is -2.38. The number of fused-ring (bicyclic) bond motifs is 2. The topological polar surface area (TPSA) is 58.7 Å². The molecule has 3 rings (SSSR count). The molecular weight excluding hydrogens is 240 g/mol. The van der Waals surface area contributed by atoms with Gasteiger partial charge in [-0.2, -0.15) is 0 Å². The van der Waals surface area contributed by atoms with Crippen molar-refractivity contribution >= 4 is 0 Å². The monoisotopic (exact) mass is 262 g/mol. The predicted molar refractivity (Wildman–Crippen MR) is 73.7 cm³/mol. The summed E-state index contributed by atoms with van der Waals surface area (Å²) in [4.78, 5) is 2.30. The van der Waals surface area contributed by atoms with Crippen molar-refractivity contribution in [1.29, 1.82) is 0 Å². The van der Waals surface area contributed by atoms with Crippen LogP contribution in [0.25, 0.3) is 0 Å². The molecule has 2 heterocycles. The van der Waals surface area contributed by atoms with Crippen LogP contribution in [0.2, 0.25) is 0 Å². The number of hydrogen-bond acceptors (Lipinski definition) is 4. The van der Waals surface area contributed by atoms with Crippen LogP contribution in [0.5, 0.6) is 0 Å². The number of benzene rings is 1. The van der Waals surface area contributed by atoms with Crippen LogP contribution in [0.15, 0.2) is 30.3 Å². The van der Waals surface area contributed by atoms with Crippen molar-refractivity contribution < 1.29 is 9.84 Å². The maximum Gasteiger partial charge on any atom is 0.114 e. The highest BCUT2D eigenvalue weighted by Crippen LogP contribution is 2.29. The van der Waals surface area contributed by atoms with E-state index < -0.39 is 5.60 Å². The lowest BCUT2D eigenvalue weighted by Crippen LogP contribution is -2.51. The lowest BCUT2D eigenvalue weighted by atomic mass is 9.93. The maximum absolute atomic E-state index is 10.8. The standard InChI is InChI=1S/C15H22N2O2/c16-10-15(18,12-4-2-1-3-5-12)11-17-8-13-6-7-14(9-17)19-13/h1-5,13-14,18H,6-11,16H2. The number of hydrogen-bond donors (Lipinski definition) is 2. The van der Waals surface area contributed by atoms with Gasteiger partial charge in [-0.25, -0.2) is 0 Å². The molecule has 0 aromatic heterocycles. The molecule has 0 radical (unpaired) electrons. The molecule has 0 amide bonds. The highest BCUT2D eigenvalue weighted by molar-refractivity contribution is 5.23. The van der Waals surface area contributed by atoms with Gasteiger partial charge in [0.2, 0.25) is 0 Å². The molecule has 2 fully saturated rings. The summed E-state index contributed by atoms with van der Waals surface area (Å²) in [5.41, 5.74) is 5.77. The second-order valence-corrected chi connectivity index (χ2v) is 5.75. The summed E-state index contributed by atoms with van der Waals surface area (Å²) in [6, 6.07) is 9.73. The Hall–Kier alpha value is -0.940. The van der Waals surface area contributed by atoms with E-state index in [0.717, 1.165) is 31.5 Å². The van der Waals surface area contributed by atoms with Gasteiger partial charge in [-0.3, -0.25) is 4.90 Å². The van der Waals surface area contributed by atoms with Crippen LogP contribution in [0, 0.1) is 0 Å². The summed E-state index contributed by atoms with van der Waals surface area (Å²) in [7, 11) is 0. The first kappa shape index (κ1) is 13.1. The van der Waals surface area contributed by atoms with Crippen molar-refractivity contribution in [1.82, 2.24) is 4.90 Å². The number of β-amino-alcohol motifs (C(OH)–C–C–N with tert-alkyl or cyclic N) is 1. The molecule has 3 atom stereocenters. The second kappa shape index (κ2) is 5.21. The van der Waals surface area contributed by atoms with Crippen LogP contribution >= 0.6 is 0 Å². The normalized spacial score (nSPS) is 30.2. The van der Waals surface area contributed by atoms with Gasteiger partial charge in [0.25, 0.3) is 0 Å². The van der Waals surface area contributed by atoms with Crippen LogP contribution in [0.3, 0.4) is 0 Å². The highest BCUT2D eigenvalue weighted by Gasteiger charge is 2.38. The lowest BCUT2D eigenvalue weighted by molar-refractivity contribution is -0.0709. The van der Waals surface area contributed by atoms with E-state index >= 15 is 0 Å². The van der Waals surface area contributed by atoms with Crippen LogP contribution in [0.4, 0.5) is 0 Å². The fourth-order valence-electron chi connectivity index (χ4n) is 3.22. The Balaban J connectivity index is 1.73. The zero-order valence-corrected chi connectivity index (χ0v) is 11.2. The third-order valence-electron chi connectivity index (χ3n) is 4.25. The second-order valence-electron chi connectivity index (χ2n) is 5.75. The predicted octanol–water partition coefficient (Wildman–Crippen LogP) is 0.696. The quantitative estimate of drug-likeness (QED) is 0.838. The molecule has 2 aliphatic heterocycles. The van der Waals surface area contributed by atoms with Gasteiger partial charge in [-0.1, -0.05) is 30.3 Å². The van der Waals surface area contributed by atoms with Gasteiger partial charge in [-0.15, -0.1) is 0 Å². The molecule has 3 unspecified atom stereocenters. The van der Waals surface area contributed by atoms with E-state index in [4.69, 9.17) is 10.5 Å². The van der Waals surface area contributed by atoms with Gasteiger partial charge in [0, 0.05) is 26.2 Å². The number of rotatable bonds is 4. The van der Waals surface area contributed by atoms with Gasteiger partial charge in [0.05, 0.1) is 12.2 Å². The third kappa shape index (κ3) is 2.67. The number of nitrogens with zero attached hydrogens (tertiary/aromatic N) is 1. The van der Waals surface area contributed by atoms with E-state index in [1.165, 1.54) is 0 Å². The van der Waals surface area contributed by atoms with Crippen molar-refractivity contribution in [3.8, 4) is 0 Å². The molecule has 2 saturated heterocycles. The molecule has 3 N–H and O–H groups in total. The summed E-state index contributed by atoms with van der Waals surface area (Å²) >= 11 is 0.